The molecule has 18 heavy (non-hydrogen) atoms. The number of amides is 1. The van der Waals surface area contributed by atoms with Gasteiger partial charge in [0.25, 0.3) is 5.91 Å². The summed E-state index contributed by atoms with van der Waals surface area (Å²) >= 11 is 0. The smallest absolute Gasteiger partial charge is 0.255 e. The zero-order valence-corrected chi connectivity index (χ0v) is 10.8. The number of nitrogens with one attached hydrogen (secondary N) is 1. The van der Waals surface area contributed by atoms with Crippen LogP contribution in [0.3, 0.4) is 0 Å². The molecule has 4 nitrogen and oxygen atoms in total. The Morgan fingerprint density at radius 2 is 2.22 bits per heavy atom. The number of aliphatic hydroxyl groups excluding tert-OH is 1. The lowest BCUT2D eigenvalue weighted by molar-refractivity contribution is 0.0679. The van der Waals surface area contributed by atoms with E-state index >= 15 is 0 Å². The van der Waals surface area contributed by atoms with E-state index in [0.717, 1.165) is 12.8 Å². The van der Waals surface area contributed by atoms with Gasteiger partial charge in [0.2, 0.25) is 0 Å². The van der Waals surface area contributed by atoms with Gasteiger partial charge in [-0.3, -0.25) is 4.79 Å². The minimum Gasteiger partial charge on any atom is -0.472 e. The zero-order valence-electron chi connectivity index (χ0n) is 10.8. The van der Waals surface area contributed by atoms with Crippen LogP contribution >= 0.6 is 0 Å². The second-order valence-corrected chi connectivity index (χ2v) is 5.38. The lowest BCUT2D eigenvalue weighted by Gasteiger charge is -2.39. The van der Waals surface area contributed by atoms with Gasteiger partial charge in [0.1, 0.15) is 6.26 Å². The van der Waals surface area contributed by atoms with Gasteiger partial charge in [-0.15, -0.1) is 0 Å². The third-order valence-electron chi connectivity index (χ3n) is 4.02. The van der Waals surface area contributed by atoms with Crippen LogP contribution in [0.25, 0.3) is 0 Å². The van der Waals surface area contributed by atoms with Gasteiger partial charge in [-0.25, -0.2) is 0 Å². The highest BCUT2D eigenvalue weighted by atomic mass is 16.3. The fraction of sp³-hybridized carbons (Fsp3) is 0.643. The van der Waals surface area contributed by atoms with Crippen LogP contribution in [-0.2, 0) is 0 Å². The van der Waals surface area contributed by atoms with Crippen molar-refractivity contribution in [2.24, 2.45) is 5.92 Å². The van der Waals surface area contributed by atoms with Gasteiger partial charge >= 0.3 is 0 Å². The molecule has 100 valence electrons. The van der Waals surface area contributed by atoms with Crippen LogP contribution in [0.4, 0.5) is 0 Å². The quantitative estimate of drug-likeness (QED) is 0.863. The summed E-state index contributed by atoms with van der Waals surface area (Å²) in [6, 6.07) is 1.63. The van der Waals surface area contributed by atoms with E-state index in [1.165, 1.54) is 31.8 Å². The molecule has 2 rings (SSSR count). The molecule has 1 aliphatic rings. The van der Waals surface area contributed by atoms with Crippen molar-refractivity contribution in [3.05, 3.63) is 24.2 Å². The van der Waals surface area contributed by atoms with Crippen LogP contribution in [0.15, 0.2) is 23.0 Å². The predicted octanol–water partition coefficient (Wildman–Crippen LogP) is 2.34. The number of hydrogen-bond donors (Lipinski definition) is 2. The summed E-state index contributed by atoms with van der Waals surface area (Å²) in [5.41, 5.74) is -0.0279. The Hall–Kier alpha value is -1.29. The summed E-state index contributed by atoms with van der Waals surface area (Å²) in [5, 5.41) is 12.6. The first kappa shape index (κ1) is 13.1. The van der Waals surface area contributed by atoms with Gasteiger partial charge < -0.3 is 14.8 Å². The molecular formula is C14H21NO3. The first-order valence-electron chi connectivity index (χ1n) is 6.61. The molecule has 1 heterocycles. The van der Waals surface area contributed by atoms with E-state index in [0.29, 0.717) is 11.5 Å². The lowest BCUT2D eigenvalue weighted by Crippen LogP contribution is -2.54. The third-order valence-corrected chi connectivity index (χ3v) is 4.02. The Balaban J connectivity index is 2.05. The lowest BCUT2D eigenvalue weighted by atomic mass is 9.76. The molecule has 1 aliphatic carbocycles. The zero-order chi connectivity index (χ0) is 13.0. The van der Waals surface area contributed by atoms with Crippen molar-refractivity contribution in [1.82, 2.24) is 5.32 Å². The highest BCUT2D eigenvalue weighted by Crippen LogP contribution is 2.32. The normalized spacial score (nSPS) is 20.3. The Kier molecular flexibility index (Phi) is 4.07. The number of carbonyl (C=O) groups is 1. The maximum Gasteiger partial charge on any atom is 0.255 e. The third kappa shape index (κ3) is 2.75. The van der Waals surface area contributed by atoms with Gasteiger partial charge in [0, 0.05) is 0 Å². The Morgan fingerprint density at radius 1 is 1.50 bits per heavy atom. The van der Waals surface area contributed by atoms with Gasteiger partial charge in [0.15, 0.2) is 0 Å². The van der Waals surface area contributed by atoms with Crippen molar-refractivity contribution in [3.8, 4) is 0 Å². The Labute approximate surface area is 107 Å². The van der Waals surface area contributed by atoms with Crippen LogP contribution in [-0.4, -0.2) is 23.2 Å². The van der Waals surface area contributed by atoms with E-state index in [1.54, 1.807) is 6.07 Å². The van der Waals surface area contributed by atoms with E-state index in [2.05, 4.69) is 5.32 Å². The molecular weight excluding hydrogens is 230 g/mol. The molecule has 0 saturated heterocycles. The van der Waals surface area contributed by atoms with E-state index in [9.17, 15) is 9.90 Å². The Bertz CT molecular complexity index is 382. The van der Waals surface area contributed by atoms with Gasteiger partial charge in [-0.1, -0.05) is 19.3 Å². The van der Waals surface area contributed by atoms with Crippen molar-refractivity contribution in [2.75, 3.05) is 6.61 Å². The number of furan rings is 1. The summed E-state index contributed by atoms with van der Waals surface area (Å²) in [6.07, 6.45) is 8.67. The maximum atomic E-state index is 12.0. The molecule has 0 spiro atoms. The maximum absolute atomic E-state index is 12.0. The molecule has 0 bridgehead atoms. The van der Waals surface area contributed by atoms with Crippen LogP contribution in [0.1, 0.15) is 49.4 Å². The number of carbonyl (C=O) groups excluding carboxylic acids is 1. The highest BCUT2D eigenvalue weighted by Gasteiger charge is 2.36. The molecule has 1 aromatic rings. The van der Waals surface area contributed by atoms with Crippen LogP contribution in [0, 0.1) is 5.92 Å². The molecule has 0 aromatic carbocycles. The van der Waals surface area contributed by atoms with Crippen LogP contribution < -0.4 is 5.32 Å². The summed E-state index contributed by atoms with van der Waals surface area (Å²) in [6.45, 7) is 1.90. The summed E-state index contributed by atoms with van der Waals surface area (Å²) in [7, 11) is 0. The van der Waals surface area contributed by atoms with Gasteiger partial charge in [-0.2, -0.15) is 0 Å². The topological polar surface area (TPSA) is 62.5 Å². The second kappa shape index (κ2) is 5.57. The molecule has 0 radical (unpaired) electrons. The molecule has 1 saturated carbocycles. The van der Waals surface area contributed by atoms with Gasteiger partial charge in [-0.05, 0) is 31.7 Å². The molecule has 0 aliphatic heterocycles. The van der Waals surface area contributed by atoms with Crippen molar-refractivity contribution >= 4 is 5.91 Å². The van der Waals surface area contributed by atoms with Crippen LogP contribution in [0.2, 0.25) is 0 Å². The van der Waals surface area contributed by atoms with E-state index < -0.39 is 5.54 Å². The molecule has 2 N–H and O–H groups in total. The van der Waals surface area contributed by atoms with Gasteiger partial charge in [0.05, 0.1) is 24.0 Å². The van der Waals surface area contributed by atoms with Crippen molar-refractivity contribution < 1.29 is 14.3 Å². The minimum atomic E-state index is -0.533. The first-order chi connectivity index (χ1) is 8.65. The standard InChI is InChI=1S/C14H21NO3/c1-14(10-16,12-5-3-2-4-6-12)15-13(17)11-7-8-18-9-11/h7-9,12,16H,2-6,10H2,1H3,(H,15,17). The summed E-state index contributed by atoms with van der Waals surface area (Å²) < 4.78 is 4.91. The van der Waals surface area contributed by atoms with E-state index in [1.807, 2.05) is 6.92 Å². The molecule has 1 unspecified atom stereocenters. The average Bonchev–Trinajstić information content (AvgIpc) is 2.93. The largest absolute Gasteiger partial charge is 0.472 e. The Morgan fingerprint density at radius 3 is 2.78 bits per heavy atom. The van der Waals surface area contributed by atoms with Crippen LogP contribution in [0.5, 0.6) is 0 Å². The average molecular weight is 251 g/mol. The fourth-order valence-electron chi connectivity index (χ4n) is 2.74. The fourth-order valence-corrected chi connectivity index (χ4v) is 2.74. The molecule has 1 amide bonds. The van der Waals surface area contributed by atoms with Crippen molar-refractivity contribution in [1.29, 1.82) is 0 Å². The molecule has 4 heteroatoms. The second-order valence-electron chi connectivity index (χ2n) is 5.38. The molecule has 1 aromatic heterocycles. The van der Waals surface area contributed by atoms with Crippen molar-refractivity contribution in [3.63, 3.8) is 0 Å². The highest BCUT2D eigenvalue weighted by molar-refractivity contribution is 5.94. The number of hydrogen-bond acceptors (Lipinski definition) is 3. The monoisotopic (exact) mass is 251 g/mol. The molecule has 1 atom stereocenters. The predicted molar refractivity (Wildman–Crippen MR) is 68.2 cm³/mol. The summed E-state index contributed by atoms with van der Waals surface area (Å²) in [4.78, 5) is 12.0. The number of aliphatic hydroxyl groups is 1. The van der Waals surface area contributed by atoms with Crippen molar-refractivity contribution in [2.45, 2.75) is 44.6 Å². The molecule has 1 fully saturated rings. The van der Waals surface area contributed by atoms with E-state index in [4.69, 9.17) is 4.42 Å². The number of rotatable bonds is 4. The minimum absolute atomic E-state index is 0.0265. The SMILES string of the molecule is CC(CO)(NC(=O)c1ccoc1)C1CCCCC1. The first-order valence-corrected chi connectivity index (χ1v) is 6.61. The summed E-state index contributed by atoms with van der Waals surface area (Å²) in [5.74, 6) is 0.179. The van der Waals surface area contributed by atoms with E-state index in [-0.39, 0.29) is 12.5 Å².